The molecule has 1 heterocycles. The van der Waals surface area contributed by atoms with E-state index in [0.29, 0.717) is 12.5 Å². The molecule has 84 valence electrons. The summed E-state index contributed by atoms with van der Waals surface area (Å²) in [7, 11) is 0. The van der Waals surface area contributed by atoms with Crippen LogP contribution in [0.25, 0.3) is 0 Å². The molecule has 15 heavy (non-hydrogen) atoms. The van der Waals surface area contributed by atoms with Crippen molar-refractivity contribution in [1.82, 2.24) is 5.32 Å². The highest BCUT2D eigenvalue weighted by Gasteiger charge is 2.30. The summed E-state index contributed by atoms with van der Waals surface area (Å²) in [5, 5.41) is 12.2. The molecule has 0 amide bonds. The average molecular weight is 211 g/mol. The molecule has 1 aliphatic carbocycles. The van der Waals surface area contributed by atoms with E-state index in [2.05, 4.69) is 17.5 Å². The van der Waals surface area contributed by atoms with E-state index in [1.165, 1.54) is 0 Å². The third-order valence-corrected chi connectivity index (χ3v) is 3.03. The molecule has 2 atom stereocenters. The van der Waals surface area contributed by atoms with Gasteiger partial charge in [-0.3, -0.25) is 0 Å². The summed E-state index contributed by atoms with van der Waals surface area (Å²) in [6, 6.07) is 0.525. The maximum absolute atomic E-state index is 10.7. The predicted octanol–water partition coefficient (Wildman–Crippen LogP) is 0.927. The summed E-state index contributed by atoms with van der Waals surface area (Å²) in [4.78, 5) is 10.7. The Bertz CT molecular complexity index is 257. The average Bonchev–Trinajstić information content (AvgIpc) is 2.86. The van der Waals surface area contributed by atoms with Crippen molar-refractivity contribution < 1.29 is 14.6 Å². The molecule has 1 fully saturated rings. The molecule has 4 heteroatoms. The van der Waals surface area contributed by atoms with Crippen LogP contribution in [0.3, 0.4) is 0 Å². The minimum Gasteiger partial charge on any atom is -0.479 e. The minimum atomic E-state index is -0.833. The van der Waals surface area contributed by atoms with Crippen molar-refractivity contribution in [3.8, 4) is 0 Å². The molecule has 2 unspecified atom stereocenters. The van der Waals surface area contributed by atoms with Gasteiger partial charge in [0.25, 0.3) is 0 Å². The van der Waals surface area contributed by atoms with Gasteiger partial charge in [0.15, 0.2) is 6.10 Å². The van der Waals surface area contributed by atoms with Gasteiger partial charge in [-0.15, -0.1) is 0 Å². The molecular formula is C11H17NO3. The number of nitrogens with one attached hydrogen (secondary N) is 1. The lowest BCUT2D eigenvalue weighted by Crippen LogP contribution is -2.34. The van der Waals surface area contributed by atoms with Gasteiger partial charge in [0, 0.05) is 12.6 Å². The Morgan fingerprint density at radius 1 is 1.40 bits per heavy atom. The van der Waals surface area contributed by atoms with E-state index >= 15 is 0 Å². The van der Waals surface area contributed by atoms with Crippen LogP contribution in [-0.2, 0) is 9.53 Å². The van der Waals surface area contributed by atoms with Crippen LogP contribution in [0.5, 0.6) is 0 Å². The molecule has 0 aromatic carbocycles. The van der Waals surface area contributed by atoms with E-state index in [4.69, 9.17) is 9.84 Å². The van der Waals surface area contributed by atoms with Gasteiger partial charge in [-0.05, 0) is 25.7 Å². The van der Waals surface area contributed by atoms with E-state index in [0.717, 1.165) is 25.8 Å². The van der Waals surface area contributed by atoms with Crippen LogP contribution in [0.1, 0.15) is 25.7 Å². The Labute approximate surface area is 89.3 Å². The SMILES string of the molecule is O=C(O)C1CCC(CNC2CC=CC2)O1. The predicted molar refractivity (Wildman–Crippen MR) is 55.7 cm³/mol. The highest BCUT2D eigenvalue weighted by atomic mass is 16.5. The van der Waals surface area contributed by atoms with Crippen LogP contribution in [0, 0.1) is 0 Å². The number of hydrogen-bond acceptors (Lipinski definition) is 3. The summed E-state index contributed by atoms with van der Waals surface area (Å²) in [5.41, 5.74) is 0. The van der Waals surface area contributed by atoms with Gasteiger partial charge < -0.3 is 15.2 Å². The van der Waals surface area contributed by atoms with E-state index in [9.17, 15) is 4.79 Å². The monoisotopic (exact) mass is 211 g/mol. The summed E-state index contributed by atoms with van der Waals surface area (Å²) in [5.74, 6) is -0.833. The first-order valence-corrected chi connectivity index (χ1v) is 5.52. The van der Waals surface area contributed by atoms with Gasteiger partial charge >= 0.3 is 5.97 Å². The standard InChI is InChI=1S/C11H17NO3/c13-11(14)10-6-5-9(15-10)7-12-8-3-1-2-4-8/h1-2,8-10,12H,3-7H2,(H,13,14). The molecule has 0 spiro atoms. The Balaban J connectivity index is 1.66. The number of carboxylic acid groups (broad SMARTS) is 1. The molecule has 2 N–H and O–H groups in total. The Morgan fingerprint density at radius 3 is 2.73 bits per heavy atom. The molecule has 1 saturated heterocycles. The number of carboxylic acids is 1. The topological polar surface area (TPSA) is 58.6 Å². The number of hydrogen-bond donors (Lipinski definition) is 2. The number of aliphatic carboxylic acids is 1. The number of carbonyl (C=O) groups is 1. The molecule has 0 aromatic heterocycles. The lowest BCUT2D eigenvalue weighted by atomic mass is 10.2. The van der Waals surface area contributed by atoms with Gasteiger partial charge in [0.2, 0.25) is 0 Å². The summed E-state index contributed by atoms with van der Waals surface area (Å²) in [6.07, 6.45) is 7.49. The summed E-state index contributed by atoms with van der Waals surface area (Å²) < 4.78 is 5.40. The second-order valence-electron chi connectivity index (χ2n) is 4.21. The van der Waals surface area contributed by atoms with Crippen LogP contribution in [0.4, 0.5) is 0 Å². The third kappa shape index (κ3) is 2.79. The second-order valence-corrected chi connectivity index (χ2v) is 4.21. The lowest BCUT2D eigenvalue weighted by molar-refractivity contribution is -0.149. The Morgan fingerprint density at radius 2 is 2.13 bits per heavy atom. The van der Waals surface area contributed by atoms with Crippen molar-refractivity contribution in [3.63, 3.8) is 0 Å². The Kier molecular flexibility index (Phi) is 3.38. The zero-order valence-corrected chi connectivity index (χ0v) is 8.69. The van der Waals surface area contributed by atoms with E-state index < -0.39 is 12.1 Å². The highest BCUT2D eigenvalue weighted by molar-refractivity contribution is 5.72. The fourth-order valence-electron chi connectivity index (χ4n) is 2.12. The van der Waals surface area contributed by atoms with Crippen molar-refractivity contribution in [3.05, 3.63) is 12.2 Å². The maximum Gasteiger partial charge on any atom is 0.332 e. The molecule has 1 aliphatic heterocycles. The summed E-state index contributed by atoms with van der Waals surface area (Å²) >= 11 is 0. The van der Waals surface area contributed by atoms with Crippen molar-refractivity contribution in [1.29, 1.82) is 0 Å². The van der Waals surface area contributed by atoms with E-state index in [-0.39, 0.29) is 6.10 Å². The Hall–Kier alpha value is -0.870. The van der Waals surface area contributed by atoms with Crippen molar-refractivity contribution >= 4 is 5.97 Å². The molecule has 0 saturated carbocycles. The first-order valence-electron chi connectivity index (χ1n) is 5.52. The van der Waals surface area contributed by atoms with Crippen LogP contribution >= 0.6 is 0 Å². The fourth-order valence-corrected chi connectivity index (χ4v) is 2.12. The van der Waals surface area contributed by atoms with Crippen molar-refractivity contribution in [2.24, 2.45) is 0 Å². The first-order chi connectivity index (χ1) is 7.25. The fraction of sp³-hybridized carbons (Fsp3) is 0.727. The smallest absolute Gasteiger partial charge is 0.332 e. The van der Waals surface area contributed by atoms with Crippen LogP contribution < -0.4 is 5.32 Å². The van der Waals surface area contributed by atoms with Gasteiger partial charge in [0.05, 0.1) is 6.10 Å². The lowest BCUT2D eigenvalue weighted by Gasteiger charge is -2.16. The van der Waals surface area contributed by atoms with E-state index in [1.807, 2.05) is 0 Å². The van der Waals surface area contributed by atoms with Gasteiger partial charge in [0.1, 0.15) is 0 Å². The minimum absolute atomic E-state index is 0.0756. The quantitative estimate of drug-likeness (QED) is 0.679. The highest BCUT2D eigenvalue weighted by Crippen LogP contribution is 2.20. The van der Waals surface area contributed by atoms with E-state index in [1.54, 1.807) is 0 Å². The summed E-state index contributed by atoms with van der Waals surface area (Å²) in [6.45, 7) is 0.774. The number of ether oxygens (including phenoxy) is 1. The van der Waals surface area contributed by atoms with Crippen LogP contribution in [0.15, 0.2) is 12.2 Å². The second kappa shape index (κ2) is 4.77. The van der Waals surface area contributed by atoms with Crippen LogP contribution in [0.2, 0.25) is 0 Å². The van der Waals surface area contributed by atoms with Crippen molar-refractivity contribution in [2.75, 3.05) is 6.54 Å². The molecule has 0 bridgehead atoms. The van der Waals surface area contributed by atoms with Crippen molar-refractivity contribution in [2.45, 2.75) is 43.9 Å². The first kappa shape index (κ1) is 10.6. The number of rotatable bonds is 4. The zero-order valence-electron chi connectivity index (χ0n) is 8.69. The zero-order chi connectivity index (χ0) is 10.7. The van der Waals surface area contributed by atoms with Crippen LogP contribution in [-0.4, -0.2) is 35.9 Å². The third-order valence-electron chi connectivity index (χ3n) is 3.03. The van der Waals surface area contributed by atoms with Gasteiger partial charge in [-0.1, -0.05) is 12.2 Å². The molecular weight excluding hydrogens is 194 g/mol. The van der Waals surface area contributed by atoms with Gasteiger partial charge in [-0.25, -0.2) is 4.79 Å². The molecule has 2 rings (SSSR count). The normalized spacial score (nSPS) is 31.2. The van der Waals surface area contributed by atoms with Gasteiger partial charge in [-0.2, -0.15) is 0 Å². The largest absolute Gasteiger partial charge is 0.479 e. The molecule has 2 aliphatic rings. The molecule has 4 nitrogen and oxygen atoms in total. The molecule has 0 aromatic rings. The maximum atomic E-state index is 10.7. The molecule has 0 radical (unpaired) electrons.